The van der Waals surface area contributed by atoms with Gasteiger partial charge in [0, 0.05) is 58.0 Å². The molecule has 4 aliphatic rings. The zero-order chi connectivity index (χ0) is 25.7. The van der Waals surface area contributed by atoms with E-state index in [2.05, 4.69) is 9.88 Å². The van der Waals surface area contributed by atoms with Crippen LogP contribution in [0.15, 0.2) is 16.9 Å². The number of amides is 1. The Labute approximate surface area is 216 Å². The Kier molecular flexibility index (Phi) is 6.09. The Morgan fingerprint density at radius 3 is 2.57 bits per heavy atom. The number of likely N-dealkylation sites (N-methyl/N-ethyl adjacent to an activating group) is 1. The molecule has 1 spiro atoms. The van der Waals surface area contributed by atoms with Crippen molar-refractivity contribution in [2.45, 2.75) is 43.9 Å². The van der Waals surface area contributed by atoms with Gasteiger partial charge in [0.1, 0.15) is 24.0 Å². The van der Waals surface area contributed by atoms with Crippen LogP contribution in [0.3, 0.4) is 0 Å². The molecule has 37 heavy (non-hydrogen) atoms. The van der Waals surface area contributed by atoms with Crippen molar-refractivity contribution in [1.82, 2.24) is 14.9 Å². The van der Waals surface area contributed by atoms with Crippen LogP contribution in [0.25, 0.3) is 0 Å². The smallest absolute Gasteiger partial charge is 0.257 e. The summed E-state index contributed by atoms with van der Waals surface area (Å²) >= 11 is 0. The predicted molar refractivity (Wildman–Crippen MR) is 141 cm³/mol. The summed E-state index contributed by atoms with van der Waals surface area (Å²) in [5.74, 6) is 1.25. The minimum absolute atomic E-state index is 0.0816. The second-order valence-corrected chi connectivity index (χ2v) is 10.8. The van der Waals surface area contributed by atoms with E-state index < -0.39 is 5.41 Å². The summed E-state index contributed by atoms with van der Waals surface area (Å²) in [7, 11) is 3.67. The first-order valence-corrected chi connectivity index (χ1v) is 13.4. The number of piperidine rings is 1. The number of ether oxygens (including phenoxy) is 1. The topological polar surface area (TPSA) is 85.0 Å². The highest BCUT2D eigenvalue weighted by Gasteiger charge is 2.53. The van der Waals surface area contributed by atoms with Crippen LogP contribution >= 0.6 is 0 Å². The Morgan fingerprint density at radius 2 is 1.81 bits per heavy atom. The van der Waals surface area contributed by atoms with Crippen LogP contribution in [0, 0.1) is 5.82 Å². The third-order valence-corrected chi connectivity index (χ3v) is 8.65. The molecule has 0 unspecified atom stereocenters. The second kappa shape index (κ2) is 9.31. The van der Waals surface area contributed by atoms with Gasteiger partial charge in [-0.3, -0.25) is 19.5 Å². The number of carbonyl (C=O) groups is 1. The van der Waals surface area contributed by atoms with E-state index in [1.807, 2.05) is 16.8 Å². The zero-order valence-electron chi connectivity index (χ0n) is 21.7. The first-order chi connectivity index (χ1) is 17.9. The lowest BCUT2D eigenvalue weighted by molar-refractivity contribution is -0.123. The Morgan fingerprint density at radius 1 is 1.05 bits per heavy atom. The van der Waals surface area contributed by atoms with Gasteiger partial charge in [0.2, 0.25) is 11.9 Å². The quantitative estimate of drug-likeness (QED) is 0.661. The summed E-state index contributed by atoms with van der Waals surface area (Å²) in [6, 6.07) is 3.24. The maximum absolute atomic E-state index is 15.6. The standard InChI is InChI=1S/C27H35FN6O3/c1-31-9-5-6-19-23(31)29-26(30-24(19)35)34-12-7-27(8-13-34)22-20(28)16-18(17-21(22)32(2)25(27)36)37-15-14-33-10-3-4-11-33/h16-17H,3-15H2,1-2H3,(H,29,30,35). The molecule has 1 amide bonds. The summed E-state index contributed by atoms with van der Waals surface area (Å²) in [6.07, 6.45) is 5.00. The highest BCUT2D eigenvalue weighted by atomic mass is 19.1. The number of hydrogen-bond donors (Lipinski definition) is 1. The molecule has 5 heterocycles. The van der Waals surface area contributed by atoms with E-state index >= 15 is 4.39 Å². The summed E-state index contributed by atoms with van der Waals surface area (Å²) < 4.78 is 21.5. The number of halogens is 1. The van der Waals surface area contributed by atoms with Crippen LogP contribution in [-0.4, -0.2) is 80.7 Å². The van der Waals surface area contributed by atoms with Gasteiger partial charge in [0.05, 0.1) is 16.7 Å². The van der Waals surface area contributed by atoms with E-state index in [9.17, 15) is 9.59 Å². The number of benzene rings is 1. The number of H-pyrrole nitrogens is 1. The molecule has 1 aromatic heterocycles. The molecule has 6 rings (SSSR count). The average molecular weight is 511 g/mol. The molecule has 0 bridgehead atoms. The van der Waals surface area contributed by atoms with Gasteiger partial charge in [-0.25, -0.2) is 4.39 Å². The van der Waals surface area contributed by atoms with Gasteiger partial charge in [-0.2, -0.15) is 4.98 Å². The molecular weight excluding hydrogens is 475 g/mol. The molecule has 1 N–H and O–H groups in total. The van der Waals surface area contributed by atoms with Crippen LogP contribution in [-0.2, 0) is 16.6 Å². The summed E-state index contributed by atoms with van der Waals surface area (Å²) in [6.45, 7) is 5.36. The lowest BCUT2D eigenvalue weighted by Crippen LogP contribution is -2.49. The van der Waals surface area contributed by atoms with Crippen molar-refractivity contribution in [3.05, 3.63) is 39.4 Å². The lowest BCUT2D eigenvalue weighted by atomic mass is 9.73. The predicted octanol–water partition coefficient (Wildman–Crippen LogP) is 2.28. The van der Waals surface area contributed by atoms with Crippen LogP contribution in [0.5, 0.6) is 5.75 Å². The van der Waals surface area contributed by atoms with Gasteiger partial charge in [0.15, 0.2) is 0 Å². The molecule has 0 atom stereocenters. The molecule has 2 saturated heterocycles. The maximum atomic E-state index is 15.6. The van der Waals surface area contributed by atoms with E-state index in [-0.39, 0.29) is 17.3 Å². The molecule has 198 valence electrons. The van der Waals surface area contributed by atoms with Gasteiger partial charge in [-0.15, -0.1) is 0 Å². The summed E-state index contributed by atoms with van der Waals surface area (Å²) in [5, 5.41) is 0. The number of carbonyl (C=O) groups excluding carboxylic acids is 1. The highest BCUT2D eigenvalue weighted by molar-refractivity contribution is 6.08. The molecular formula is C27H35FN6O3. The Hall–Kier alpha value is -3.14. The number of nitrogens with zero attached hydrogens (tertiary/aromatic N) is 5. The first-order valence-electron chi connectivity index (χ1n) is 13.4. The SMILES string of the molecule is CN1CCCc2c1nc(N1CCC3(CC1)C(=O)N(C)c1cc(OCCN4CCCC4)cc(F)c13)[nH]c2=O. The number of anilines is 3. The molecule has 1 aromatic carbocycles. The number of rotatable bonds is 5. The molecule has 2 fully saturated rings. The van der Waals surface area contributed by atoms with Gasteiger partial charge in [-0.1, -0.05) is 0 Å². The number of aromatic amines is 1. The second-order valence-electron chi connectivity index (χ2n) is 10.8. The molecule has 4 aliphatic heterocycles. The van der Waals surface area contributed by atoms with Crippen LogP contribution in [0.2, 0.25) is 0 Å². The van der Waals surface area contributed by atoms with E-state index in [1.54, 1.807) is 18.0 Å². The Balaban J connectivity index is 1.21. The normalized spacial score (nSPS) is 21.1. The van der Waals surface area contributed by atoms with Gasteiger partial charge < -0.3 is 19.4 Å². The molecule has 0 aliphatic carbocycles. The summed E-state index contributed by atoms with van der Waals surface area (Å²) in [5.41, 5.74) is 0.782. The third kappa shape index (κ3) is 4.05. The van der Waals surface area contributed by atoms with Crippen molar-refractivity contribution in [1.29, 1.82) is 0 Å². The molecule has 10 heteroatoms. The first kappa shape index (κ1) is 24.2. The minimum Gasteiger partial charge on any atom is -0.492 e. The third-order valence-electron chi connectivity index (χ3n) is 8.65. The monoisotopic (exact) mass is 510 g/mol. The zero-order valence-corrected chi connectivity index (χ0v) is 21.7. The number of fused-ring (bicyclic) bond motifs is 3. The van der Waals surface area contributed by atoms with Crippen LogP contribution in [0.1, 0.15) is 43.2 Å². The van der Waals surface area contributed by atoms with Crippen molar-refractivity contribution < 1.29 is 13.9 Å². The molecule has 2 aromatic rings. The lowest BCUT2D eigenvalue weighted by Gasteiger charge is -2.39. The van der Waals surface area contributed by atoms with E-state index in [4.69, 9.17) is 9.72 Å². The number of likely N-dealkylation sites (tertiary alicyclic amines) is 1. The fourth-order valence-electron chi connectivity index (χ4n) is 6.55. The number of aromatic nitrogens is 2. The molecule has 0 saturated carbocycles. The van der Waals surface area contributed by atoms with Crippen molar-refractivity contribution >= 4 is 23.4 Å². The van der Waals surface area contributed by atoms with E-state index in [0.29, 0.717) is 55.5 Å². The van der Waals surface area contributed by atoms with Crippen molar-refractivity contribution in [2.24, 2.45) is 0 Å². The number of hydrogen-bond acceptors (Lipinski definition) is 7. The maximum Gasteiger partial charge on any atom is 0.257 e. The van der Waals surface area contributed by atoms with Crippen molar-refractivity contribution in [3.8, 4) is 5.75 Å². The summed E-state index contributed by atoms with van der Waals surface area (Å²) in [4.78, 5) is 41.9. The fraction of sp³-hybridized carbons (Fsp3) is 0.593. The Bertz CT molecular complexity index is 1270. The van der Waals surface area contributed by atoms with Crippen LogP contribution < -0.4 is 25.0 Å². The van der Waals surface area contributed by atoms with Gasteiger partial charge >= 0.3 is 0 Å². The van der Waals surface area contributed by atoms with Crippen LogP contribution in [0.4, 0.5) is 21.8 Å². The largest absolute Gasteiger partial charge is 0.492 e. The average Bonchev–Trinajstić information content (AvgIpc) is 3.48. The van der Waals surface area contributed by atoms with E-state index in [0.717, 1.165) is 50.4 Å². The van der Waals surface area contributed by atoms with Gasteiger partial charge in [0.25, 0.3) is 5.56 Å². The van der Waals surface area contributed by atoms with Crippen molar-refractivity contribution in [2.75, 3.05) is 74.7 Å². The van der Waals surface area contributed by atoms with Crippen molar-refractivity contribution in [3.63, 3.8) is 0 Å². The fourth-order valence-corrected chi connectivity index (χ4v) is 6.55. The minimum atomic E-state index is -0.913. The molecule has 0 radical (unpaired) electrons. The van der Waals surface area contributed by atoms with E-state index in [1.165, 1.54) is 18.9 Å². The molecule has 9 nitrogen and oxygen atoms in total. The number of nitrogens with one attached hydrogen (secondary N) is 1. The highest BCUT2D eigenvalue weighted by Crippen LogP contribution is 2.50. The van der Waals surface area contributed by atoms with Gasteiger partial charge in [-0.05, 0) is 51.6 Å².